The molecule has 1 aromatic heterocycles. The molecule has 2 amide bonds. The zero-order valence-corrected chi connectivity index (χ0v) is 21.2. The van der Waals surface area contributed by atoms with Crippen LogP contribution in [0.3, 0.4) is 0 Å². The van der Waals surface area contributed by atoms with E-state index in [1.807, 2.05) is 65.6 Å². The maximum Gasteiger partial charge on any atom is 0.251 e. The number of carbonyl (C=O) groups is 2. The van der Waals surface area contributed by atoms with Gasteiger partial charge >= 0.3 is 0 Å². The summed E-state index contributed by atoms with van der Waals surface area (Å²) in [6.07, 6.45) is 2.01. The summed E-state index contributed by atoms with van der Waals surface area (Å²) in [6, 6.07) is 19.7. The van der Waals surface area contributed by atoms with Crippen molar-refractivity contribution >= 4 is 34.5 Å². The molecule has 3 aliphatic heterocycles. The van der Waals surface area contributed by atoms with Gasteiger partial charge in [-0.1, -0.05) is 48.5 Å². The van der Waals surface area contributed by atoms with Crippen molar-refractivity contribution in [2.45, 2.75) is 31.4 Å². The van der Waals surface area contributed by atoms with Crippen LogP contribution in [-0.2, 0) is 14.3 Å². The highest BCUT2D eigenvalue weighted by Gasteiger charge is 2.31. The molecule has 196 valence electrons. The minimum atomic E-state index is -0.300. The molecule has 3 aromatic rings. The minimum absolute atomic E-state index is 0.0718. The highest BCUT2D eigenvalue weighted by atomic mass is 16.5. The SMILES string of the molecule is O=C(CN1CCN(C(=O)C2CCCO2)CC1)NC1=NC(c2ccccc2)CC(c2cc3ccccc3o2)=N1. The fraction of sp³-hybridized carbons (Fsp3) is 0.379. The number of hydrogen-bond donors (Lipinski definition) is 1. The van der Waals surface area contributed by atoms with E-state index < -0.39 is 0 Å². The molecule has 38 heavy (non-hydrogen) atoms. The second-order valence-electron chi connectivity index (χ2n) is 9.94. The van der Waals surface area contributed by atoms with E-state index in [1.165, 1.54) is 0 Å². The number of furan rings is 1. The predicted molar refractivity (Wildman–Crippen MR) is 144 cm³/mol. The number of aliphatic imine (C=N–C) groups is 2. The fourth-order valence-electron chi connectivity index (χ4n) is 5.26. The number of guanidine groups is 1. The van der Waals surface area contributed by atoms with Gasteiger partial charge in [-0.25, -0.2) is 9.98 Å². The lowest BCUT2D eigenvalue weighted by Crippen LogP contribution is -2.53. The molecule has 4 heterocycles. The number of para-hydroxylation sites is 1. The van der Waals surface area contributed by atoms with Crippen molar-refractivity contribution in [1.82, 2.24) is 15.1 Å². The smallest absolute Gasteiger partial charge is 0.251 e. The molecule has 2 unspecified atom stereocenters. The molecule has 0 radical (unpaired) electrons. The molecule has 0 saturated carbocycles. The first kappa shape index (κ1) is 24.5. The molecule has 0 spiro atoms. The Morgan fingerprint density at radius 2 is 1.79 bits per heavy atom. The van der Waals surface area contributed by atoms with Gasteiger partial charge < -0.3 is 14.1 Å². The van der Waals surface area contributed by atoms with Crippen molar-refractivity contribution in [3.05, 3.63) is 72.0 Å². The number of ether oxygens (including phenoxy) is 1. The lowest BCUT2D eigenvalue weighted by molar-refractivity contribution is -0.142. The fourth-order valence-corrected chi connectivity index (χ4v) is 5.26. The summed E-state index contributed by atoms with van der Waals surface area (Å²) in [6.45, 7) is 3.34. The summed E-state index contributed by atoms with van der Waals surface area (Å²) < 4.78 is 11.6. The number of fused-ring (bicyclic) bond motifs is 1. The van der Waals surface area contributed by atoms with Crippen LogP contribution in [0.15, 0.2) is 75.1 Å². The molecule has 2 aromatic carbocycles. The Labute approximate surface area is 221 Å². The van der Waals surface area contributed by atoms with Crippen molar-refractivity contribution in [3.8, 4) is 0 Å². The largest absolute Gasteiger partial charge is 0.455 e. The van der Waals surface area contributed by atoms with Crippen LogP contribution in [0.5, 0.6) is 0 Å². The second kappa shape index (κ2) is 10.9. The summed E-state index contributed by atoms with van der Waals surface area (Å²) in [5.41, 5.74) is 2.60. The van der Waals surface area contributed by atoms with Gasteiger partial charge in [0.25, 0.3) is 5.91 Å². The average molecular weight is 514 g/mol. The molecule has 3 aliphatic rings. The molecule has 0 aliphatic carbocycles. The number of hydrogen-bond acceptors (Lipinski definition) is 7. The molecule has 1 N–H and O–H groups in total. The normalized spacial score (nSPS) is 22.3. The Kier molecular flexibility index (Phi) is 7.02. The zero-order valence-electron chi connectivity index (χ0n) is 21.2. The molecule has 9 nitrogen and oxygen atoms in total. The molecule has 6 rings (SSSR count). The summed E-state index contributed by atoms with van der Waals surface area (Å²) in [5, 5.41) is 3.92. The van der Waals surface area contributed by atoms with Gasteiger partial charge in [0.1, 0.15) is 17.4 Å². The number of benzene rings is 2. The minimum Gasteiger partial charge on any atom is -0.455 e. The van der Waals surface area contributed by atoms with Crippen LogP contribution in [0.25, 0.3) is 11.0 Å². The maximum absolute atomic E-state index is 13.0. The number of piperazine rings is 1. The van der Waals surface area contributed by atoms with Crippen molar-refractivity contribution in [3.63, 3.8) is 0 Å². The zero-order chi connectivity index (χ0) is 25.9. The van der Waals surface area contributed by atoms with Gasteiger partial charge in [-0.05, 0) is 30.5 Å². The van der Waals surface area contributed by atoms with E-state index in [0.717, 1.165) is 35.1 Å². The van der Waals surface area contributed by atoms with Crippen LogP contribution in [-0.4, -0.2) is 78.7 Å². The topological polar surface area (TPSA) is 99.7 Å². The van der Waals surface area contributed by atoms with E-state index >= 15 is 0 Å². The first-order valence-electron chi connectivity index (χ1n) is 13.2. The van der Waals surface area contributed by atoms with E-state index in [0.29, 0.717) is 45.0 Å². The van der Waals surface area contributed by atoms with Gasteiger partial charge in [-0.15, -0.1) is 0 Å². The number of nitrogens with zero attached hydrogens (tertiary/aromatic N) is 4. The Balaban J connectivity index is 1.13. The van der Waals surface area contributed by atoms with Gasteiger partial charge in [0.05, 0.1) is 18.3 Å². The van der Waals surface area contributed by atoms with Crippen LogP contribution in [0.2, 0.25) is 0 Å². The molecular weight excluding hydrogens is 482 g/mol. The Bertz CT molecular complexity index is 1330. The predicted octanol–water partition coefficient (Wildman–Crippen LogP) is 3.16. The molecule has 2 atom stereocenters. The van der Waals surface area contributed by atoms with Gasteiger partial charge in [-0.3, -0.25) is 19.8 Å². The van der Waals surface area contributed by atoms with Crippen LogP contribution in [0.1, 0.15) is 36.6 Å². The maximum atomic E-state index is 13.0. The average Bonchev–Trinajstić information content (AvgIpc) is 3.64. The Morgan fingerprint density at radius 1 is 1.00 bits per heavy atom. The first-order chi connectivity index (χ1) is 18.6. The van der Waals surface area contributed by atoms with Crippen molar-refractivity contribution in [1.29, 1.82) is 0 Å². The van der Waals surface area contributed by atoms with E-state index in [-0.39, 0.29) is 36.5 Å². The molecule has 0 bridgehead atoms. The Morgan fingerprint density at radius 3 is 2.55 bits per heavy atom. The van der Waals surface area contributed by atoms with E-state index in [1.54, 1.807) is 0 Å². The van der Waals surface area contributed by atoms with Gasteiger partial charge in [-0.2, -0.15) is 0 Å². The van der Waals surface area contributed by atoms with E-state index in [2.05, 4.69) is 10.2 Å². The number of rotatable bonds is 5. The van der Waals surface area contributed by atoms with Gasteiger partial charge in [0, 0.05) is 44.6 Å². The monoisotopic (exact) mass is 513 g/mol. The third-order valence-corrected chi connectivity index (χ3v) is 7.31. The quantitative estimate of drug-likeness (QED) is 0.565. The van der Waals surface area contributed by atoms with Crippen molar-refractivity contribution < 1.29 is 18.7 Å². The lowest BCUT2D eigenvalue weighted by Gasteiger charge is -2.35. The van der Waals surface area contributed by atoms with E-state index in [9.17, 15) is 9.59 Å². The van der Waals surface area contributed by atoms with Crippen LogP contribution in [0, 0.1) is 0 Å². The van der Waals surface area contributed by atoms with E-state index in [4.69, 9.17) is 19.1 Å². The number of carbonyl (C=O) groups excluding carboxylic acids is 2. The Hall–Kier alpha value is -3.82. The highest BCUT2D eigenvalue weighted by Crippen LogP contribution is 2.29. The van der Waals surface area contributed by atoms with Crippen LogP contribution in [0.4, 0.5) is 0 Å². The third kappa shape index (κ3) is 5.39. The highest BCUT2D eigenvalue weighted by molar-refractivity contribution is 6.11. The standard InChI is InChI=1S/C29H31N5O4/c35-27(19-33-12-14-34(15-13-33)28(36)25-11-6-16-37-25)32-29-30-22(20-7-2-1-3-8-20)18-23(31-29)26-17-21-9-4-5-10-24(21)38-26/h1-5,7-10,17,22,25H,6,11-16,18-19H2,(H,30,32,35). The number of amides is 2. The third-order valence-electron chi connectivity index (χ3n) is 7.31. The van der Waals surface area contributed by atoms with Gasteiger partial charge in [0.2, 0.25) is 11.9 Å². The molecule has 9 heteroatoms. The summed E-state index contributed by atoms with van der Waals surface area (Å²) in [5.74, 6) is 0.866. The summed E-state index contributed by atoms with van der Waals surface area (Å²) >= 11 is 0. The molecule has 2 saturated heterocycles. The number of nitrogens with one attached hydrogen (secondary N) is 1. The summed E-state index contributed by atoms with van der Waals surface area (Å²) in [7, 11) is 0. The second-order valence-corrected chi connectivity index (χ2v) is 9.94. The van der Waals surface area contributed by atoms with Crippen LogP contribution < -0.4 is 5.32 Å². The van der Waals surface area contributed by atoms with Crippen LogP contribution >= 0.6 is 0 Å². The summed E-state index contributed by atoms with van der Waals surface area (Å²) in [4.78, 5) is 39.0. The lowest BCUT2D eigenvalue weighted by atomic mass is 9.99. The van der Waals surface area contributed by atoms with Gasteiger partial charge in [0.15, 0.2) is 0 Å². The van der Waals surface area contributed by atoms with Crippen molar-refractivity contribution in [2.75, 3.05) is 39.3 Å². The molecular formula is C29H31N5O4. The van der Waals surface area contributed by atoms with Crippen molar-refractivity contribution in [2.24, 2.45) is 9.98 Å². The first-order valence-corrected chi connectivity index (χ1v) is 13.2. The molecule has 2 fully saturated rings.